The molecule has 8 heteroatoms. The number of rotatable bonds is 4. The number of aliphatic hydroxyl groups is 1. The van der Waals surface area contributed by atoms with Crippen molar-refractivity contribution >= 4 is 17.2 Å². The van der Waals surface area contributed by atoms with Crippen LogP contribution in [0.2, 0.25) is 0 Å². The van der Waals surface area contributed by atoms with Crippen LogP contribution in [0, 0.1) is 0 Å². The van der Waals surface area contributed by atoms with Crippen molar-refractivity contribution in [2.45, 2.75) is 25.5 Å². The van der Waals surface area contributed by atoms with E-state index in [0.29, 0.717) is 18.9 Å². The van der Waals surface area contributed by atoms with Gasteiger partial charge in [0, 0.05) is 12.1 Å². The smallest absolute Gasteiger partial charge is 0.276 e. The lowest BCUT2D eigenvalue weighted by Gasteiger charge is -2.42. The van der Waals surface area contributed by atoms with E-state index in [9.17, 15) is 9.90 Å². The number of carbonyl (C=O) groups excluding carboxylic acids is 1. The van der Waals surface area contributed by atoms with Gasteiger partial charge in [0.2, 0.25) is 5.89 Å². The van der Waals surface area contributed by atoms with Crippen LogP contribution in [0.4, 0.5) is 0 Å². The van der Waals surface area contributed by atoms with Crippen molar-refractivity contribution in [2.24, 2.45) is 0 Å². The molecule has 0 unspecified atom stereocenters. The van der Waals surface area contributed by atoms with E-state index in [4.69, 9.17) is 4.42 Å². The number of benzene rings is 1. The second-order valence-corrected chi connectivity index (χ2v) is 7.00. The van der Waals surface area contributed by atoms with Gasteiger partial charge in [0.15, 0.2) is 5.69 Å². The third-order valence-corrected chi connectivity index (χ3v) is 5.23. The molecule has 3 aromatic rings. The van der Waals surface area contributed by atoms with E-state index in [-0.39, 0.29) is 17.6 Å². The number of likely N-dealkylation sites (tertiary alicyclic amines) is 1. The minimum atomic E-state index is -0.465. The van der Waals surface area contributed by atoms with Gasteiger partial charge >= 0.3 is 0 Å². The number of hydrogen-bond donors (Lipinski definition) is 1. The normalized spacial score (nSPS) is 19.7. The van der Waals surface area contributed by atoms with Crippen LogP contribution in [0.1, 0.15) is 28.3 Å². The number of nitrogens with zero attached hydrogens (tertiary/aromatic N) is 4. The summed E-state index contributed by atoms with van der Waals surface area (Å²) < 4.78 is 5.40. The Morgan fingerprint density at radius 3 is 2.88 bits per heavy atom. The molecular formula is C17H16N4O3S. The first-order chi connectivity index (χ1) is 12.1. The molecule has 1 amide bonds. The number of hydrogen-bond acceptors (Lipinski definition) is 7. The Labute approximate surface area is 148 Å². The fourth-order valence-electron chi connectivity index (χ4n) is 2.65. The molecular weight excluding hydrogens is 340 g/mol. The summed E-state index contributed by atoms with van der Waals surface area (Å²) in [4.78, 5) is 18.1. The fraction of sp³-hybridized carbons (Fsp3) is 0.294. The average molecular weight is 356 g/mol. The van der Waals surface area contributed by atoms with Crippen LogP contribution in [0.25, 0.3) is 10.6 Å². The van der Waals surface area contributed by atoms with Crippen molar-refractivity contribution in [1.29, 1.82) is 0 Å². The molecule has 1 aromatic carbocycles. The van der Waals surface area contributed by atoms with Gasteiger partial charge in [-0.3, -0.25) is 4.79 Å². The molecule has 1 aliphatic heterocycles. The molecule has 3 heterocycles. The van der Waals surface area contributed by atoms with Crippen LogP contribution >= 0.6 is 11.3 Å². The fourth-order valence-corrected chi connectivity index (χ4v) is 3.48. The van der Waals surface area contributed by atoms with Crippen molar-refractivity contribution in [3.63, 3.8) is 0 Å². The molecule has 0 bridgehead atoms. The molecule has 1 saturated heterocycles. The van der Waals surface area contributed by atoms with E-state index in [2.05, 4.69) is 15.2 Å². The lowest BCUT2D eigenvalue weighted by Crippen LogP contribution is -2.60. The van der Waals surface area contributed by atoms with Gasteiger partial charge in [-0.15, -0.1) is 10.2 Å². The van der Waals surface area contributed by atoms with Gasteiger partial charge in [0.05, 0.1) is 18.6 Å². The molecule has 2 atom stereocenters. The Hall–Kier alpha value is -2.58. The van der Waals surface area contributed by atoms with Crippen molar-refractivity contribution in [3.05, 3.63) is 53.2 Å². The molecule has 2 aromatic heterocycles. The molecule has 7 nitrogen and oxygen atoms in total. The molecule has 0 spiro atoms. The molecule has 1 fully saturated rings. The molecule has 128 valence electrons. The van der Waals surface area contributed by atoms with Crippen LogP contribution < -0.4 is 0 Å². The Morgan fingerprint density at radius 2 is 2.16 bits per heavy atom. The summed E-state index contributed by atoms with van der Waals surface area (Å²) in [5.74, 6) is 0.197. The van der Waals surface area contributed by atoms with Crippen LogP contribution in [0.5, 0.6) is 0 Å². The zero-order chi connectivity index (χ0) is 17.4. The summed E-state index contributed by atoms with van der Waals surface area (Å²) in [6.45, 7) is 2.14. The number of amides is 1. The van der Waals surface area contributed by atoms with E-state index in [1.165, 1.54) is 17.6 Å². The predicted octanol–water partition coefficient (Wildman–Crippen LogP) is 1.99. The summed E-state index contributed by atoms with van der Waals surface area (Å²) in [5, 5.41) is 19.5. The first kappa shape index (κ1) is 15.9. The molecule has 1 aliphatic rings. The van der Waals surface area contributed by atoms with Gasteiger partial charge < -0.3 is 14.4 Å². The lowest BCUT2D eigenvalue weighted by atomic mass is 10.0. The molecule has 0 aliphatic carbocycles. The average Bonchev–Trinajstić information content (AvgIpc) is 3.29. The maximum Gasteiger partial charge on any atom is 0.276 e. The maximum absolute atomic E-state index is 12.3. The topological polar surface area (TPSA) is 92.3 Å². The number of β-amino-alcohol motifs (C(OH)–C–C–N with tert-alkyl or cyclic N) is 1. The predicted molar refractivity (Wildman–Crippen MR) is 91.2 cm³/mol. The number of carbonyl (C=O) groups is 1. The summed E-state index contributed by atoms with van der Waals surface area (Å²) in [6, 6.07) is 9.63. The largest absolute Gasteiger partial charge is 0.448 e. The third-order valence-electron chi connectivity index (χ3n) is 4.25. The minimum absolute atomic E-state index is 0.191. The molecule has 4 rings (SSSR count). The summed E-state index contributed by atoms with van der Waals surface area (Å²) in [5.41, 5.74) is 1.27. The SMILES string of the molecule is C[C@H]1[C@@H](O)CN1C(=O)c1coc(Cc2nnc(-c3ccccc3)s2)n1. The molecule has 1 N–H and O–H groups in total. The third kappa shape index (κ3) is 3.06. The minimum Gasteiger partial charge on any atom is -0.448 e. The summed E-state index contributed by atoms with van der Waals surface area (Å²) >= 11 is 1.47. The first-order valence-corrected chi connectivity index (χ1v) is 8.74. The van der Waals surface area contributed by atoms with E-state index in [0.717, 1.165) is 15.6 Å². The summed E-state index contributed by atoms with van der Waals surface area (Å²) in [7, 11) is 0. The number of oxazole rings is 1. The van der Waals surface area contributed by atoms with Crippen LogP contribution in [0.3, 0.4) is 0 Å². The van der Waals surface area contributed by atoms with Gasteiger partial charge in [-0.05, 0) is 6.92 Å². The van der Waals surface area contributed by atoms with Crippen molar-refractivity contribution in [1.82, 2.24) is 20.1 Å². The highest BCUT2D eigenvalue weighted by molar-refractivity contribution is 7.14. The van der Waals surface area contributed by atoms with Crippen LogP contribution in [-0.2, 0) is 6.42 Å². The standard InChI is InChI=1S/C17H16N4O3S/c1-10-13(22)8-21(10)17(23)12-9-24-14(18-12)7-15-19-20-16(25-15)11-5-3-2-4-6-11/h2-6,9-10,13,22H,7-8H2,1H3/t10-,13-/m0/s1. The van der Waals surface area contributed by atoms with Gasteiger partial charge in [-0.25, -0.2) is 4.98 Å². The van der Waals surface area contributed by atoms with E-state index in [1.54, 1.807) is 11.8 Å². The maximum atomic E-state index is 12.3. The molecule has 0 saturated carbocycles. The van der Waals surface area contributed by atoms with Crippen LogP contribution in [-0.4, -0.2) is 49.8 Å². The Bertz CT molecular complexity index is 892. The zero-order valence-electron chi connectivity index (χ0n) is 13.5. The van der Waals surface area contributed by atoms with Gasteiger partial charge in [0.1, 0.15) is 16.3 Å². The van der Waals surface area contributed by atoms with Gasteiger partial charge in [-0.1, -0.05) is 41.7 Å². The van der Waals surface area contributed by atoms with E-state index in [1.807, 2.05) is 30.3 Å². The van der Waals surface area contributed by atoms with Crippen molar-refractivity contribution < 1.29 is 14.3 Å². The highest BCUT2D eigenvalue weighted by Crippen LogP contribution is 2.25. The van der Waals surface area contributed by atoms with Gasteiger partial charge in [-0.2, -0.15) is 0 Å². The quantitative estimate of drug-likeness (QED) is 0.768. The Kier molecular flexibility index (Phi) is 4.06. The second kappa shape index (κ2) is 6.38. The first-order valence-electron chi connectivity index (χ1n) is 7.93. The molecule has 25 heavy (non-hydrogen) atoms. The second-order valence-electron chi connectivity index (χ2n) is 5.94. The van der Waals surface area contributed by atoms with E-state index < -0.39 is 6.10 Å². The highest BCUT2D eigenvalue weighted by Gasteiger charge is 2.38. The van der Waals surface area contributed by atoms with E-state index >= 15 is 0 Å². The highest BCUT2D eigenvalue weighted by atomic mass is 32.1. The summed E-state index contributed by atoms with van der Waals surface area (Å²) in [6.07, 6.45) is 1.28. The molecule has 0 radical (unpaired) electrons. The van der Waals surface area contributed by atoms with Crippen molar-refractivity contribution in [3.8, 4) is 10.6 Å². The van der Waals surface area contributed by atoms with Crippen molar-refractivity contribution in [2.75, 3.05) is 6.54 Å². The monoisotopic (exact) mass is 356 g/mol. The zero-order valence-corrected chi connectivity index (χ0v) is 14.3. The Balaban J connectivity index is 1.45. The lowest BCUT2D eigenvalue weighted by molar-refractivity contribution is -0.0360. The van der Waals surface area contributed by atoms with Crippen LogP contribution in [0.15, 0.2) is 41.0 Å². The number of aromatic nitrogens is 3. The van der Waals surface area contributed by atoms with Gasteiger partial charge in [0.25, 0.3) is 5.91 Å². The number of aliphatic hydroxyl groups excluding tert-OH is 1. The Morgan fingerprint density at radius 1 is 1.36 bits per heavy atom.